The molecule has 3 aromatic rings. The Kier molecular flexibility index (Phi) is 5.98. The Labute approximate surface area is 186 Å². The van der Waals surface area contributed by atoms with Gasteiger partial charge in [0.1, 0.15) is 11.5 Å². The molecule has 0 aliphatic rings. The molecule has 1 unspecified atom stereocenters. The largest absolute Gasteiger partial charge is 0.508 e. The quantitative estimate of drug-likeness (QED) is 0.239. The highest BCUT2D eigenvalue weighted by Gasteiger charge is 2.53. The second kappa shape index (κ2) is 7.87. The highest BCUT2D eigenvalue weighted by atomic mass is 35.5. The molecule has 0 amide bonds. The maximum absolute atomic E-state index is 13.0. The van der Waals surface area contributed by atoms with E-state index in [-0.39, 0.29) is 36.8 Å². The second-order valence-corrected chi connectivity index (χ2v) is 9.25. The van der Waals surface area contributed by atoms with Gasteiger partial charge in [-0.3, -0.25) is 4.55 Å². The molecule has 0 saturated carbocycles. The molecule has 3 aromatic carbocycles. The van der Waals surface area contributed by atoms with Crippen molar-refractivity contribution in [3.05, 3.63) is 91.4 Å². The number of aromatic hydroxyl groups is 2. The van der Waals surface area contributed by atoms with Crippen molar-refractivity contribution < 1.29 is 23.2 Å². The summed E-state index contributed by atoms with van der Waals surface area (Å²) in [4.78, 5) is 0. The SMILES string of the molecule is O=S(=O)(O)C(c1ccccc1O)(c1cc(Cl)c(Cl)cc1Cl)c1cccc(Cl)c1O. The van der Waals surface area contributed by atoms with Gasteiger partial charge in [-0.1, -0.05) is 76.7 Å². The summed E-state index contributed by atoms with van der Waals surface area (Å²) in [6.45, 7) is 0. The van der Waals surface area contributed by atoms with E-state index in [1.807, 2.05) is 0 Å². The van der Waals surface area contributed by atoms with Crippen molar-refractivity contribution in [2.75, 3.05) is 0 Å². The zero-order valence-corrected chi connectivity index (χ0v) is 18.1. The van der Waals surface area contributed by atoms with Crippen LogP contribution >= 0.6 is 46.4 Å². The van der Waals surface area contributed by atoms with Gasteiger partial charge in [-0.05, 0) is 24.3 Å². The molecule has 152 valence electrons. The van der Waals surface area contributed by atoms with Crippen molar-refractivity contribution in [1.29, 1.82) is 0 Å². The number of phenols is 2. The molecule has 0 aromatic heterocycles. The lowest BCUT2D eigenvalue weighted by Gasteiger charge is -2.34. The van der Waals surface area contributed by atoms with Crippen LogP contribution < -0.4 is 0 Å². The molecule has 10 heteroatoms. The molecule has 0 aliphatic carbocycles. The molecular weight excluding hydrogens is 482 g/mol. The molecule has 0 aliphatic heterocycles. The van der Waals surface area contributed by atoms with Crippen molar-refractivity contribution in [3.8, 4) is 11.5 Å². The number of halogens is 4. The van der Waals surface area contributed by atoms with E-state index in [1.54, 1.807) is 0 Å². The zero-order chi connectivity index (χ0) is 21.6. The minimum absolute atomic E-state index is 0.0391. The molecule has 0 radical (unpaired) electrons. The Balaban J connectivity index is 2.66. The molecule has 1 atom stereocenters. The Hall–Kier alpha value is -1.67. The summed E-state index contributed by atoms with van der Waals surface area (Å²) in [5.41, 5.74) is -0.857. The summed E-state index contributed by atoms with van der Waals surface area (Å²) in [5.74, 6) is -1.11. The van der Waals surface area contributed by atoms with Crippen molar-refractivity contribution in [2.45, 2.75) is 4.75 Å². The fraction of sp³-hybridized carbons (Fsp3) is 0.0526. The average Bonchev–Trinajstić information content (AvgIpc) is 2.63. The van der Waals surface area contributed by atoms with Gasteiger partial charge in [-0.2, -0.15) is 8.42 Å². The maximum Gasteiger partial charge on any atom is 0.283 e. The van der Waals surface area contributed by atoms with Crippen molar-refractivity contribution in [3.63, 3.8) is 0 Å². The van der Waals surface area contributed by atoms with Gasteiger partial charge in [-0.25, -0.2) is 0 Å². The summed E-state index contributed by atoms with van der Waals surface area (Å²) in [6, 6.07) is 11.7. The van der Waals surface area contributed by atoms with E-state index in [4.69, 9.17) is 46.4 Å². The third-order valence-corrected chi connectivity index (χ3v) is 7.20. The van der Waals surface area contributed by atoms with Crippen LogP contribution in [0.25, 0.3) is 0 Å². The molecule has 0 spiro atoms. The summed E-state index contributed by atoms with van der Waals surface area (Å²) in [6.07, 6.45) is 0. The van der Waals surface area contributed by atoms with Crippen LogP contribution in [0.3, 0.4) is 0 Å². The van der Waals surface area contributed by atoms with Gasteiger partial charge in [0.2, 0.25) is 0 Å². The number of para-hydroxylation sites is 2. The normalized spacial score (nSPS) is 13.8. The van der Waals surface area contributed by atoms with Crippen molar-refractivity contribution >= 4 is 56.5 Å². The maximum atomic E-state index is 13.0. The fourth-order valence-electron chi connectivity index (χ4n) is 3.22. The molecule has 3 rings (SSSR count). The van der Waals surface area contributed by atoms with Gasteiger partial charge in [0.15, 0.2) is 4.75 Å². The third kappa shape index (κ3) is 3.54. The number of benzene rings is 3. The van der Waals surface area contributed by atoms with Crippen molar-refractivity contribution in [2.24, 2.45) is 0 Å². The van der Waals surface area contributed by atoms with Crippen LogP contribution in [0, 0.1) is 0 Å². The smallest absolute Gasteiger partial charge is 0.283 e. The predicted octanol–water partition coefficient (Wildman–Crippen LogP) is 5.89. The molecular formula is C19H12Cl4O5S. The van der Waals surface area contributed by atoms with Gasteiger partial charge in [-0.15, -0.1) is 0 Å². The average molecular weight is 494 g/mol. The Morgan fingerprint density at radius 2 is 1.28 bits per heavy atom. The first-order valence-electron chi connectivity index (χ1n) is 7.90. The highest BCUT2D eigenvalue weighted by molar-refractivity contribution is 7.87. The molecule has 0 saturated heterocycles. The van der Waals surface area contributed by atoms with Gasteiger partial charge in [0, 0.05) is 21.7 Å². The Morgan fingerprint density at radius 3 is 1.90 bits per heavy atom. The van der Waals surface area contributed by atoms with Crippen LogP contribution in [0.15, 0.2) is 54.6 Å². The van der Waals surface area contributed by atoms with E-state index >= 15 is 0 Å². The monoisotopic (exact) mass is 492 g/mol. The molecule has 0 bridgehead atoms. The lowest BCUT2D eigenvalue weighted by atomic mass is 9.83. The predicted molar refractivity (Wildman–Crippen MR) is 114 cm³/mol. The van der Waals surface area contributed by atoms with E-state index < -0.39 is 26.4 Å². The topological polar surface area (TPSA) is 94.8 Å². The summed E-state index contributed by atoms with van der Waals surface area (Å²) < 4.78 is 33.9. The molecule has 5 nitrogen and oxygen atoms in total. The van der Waals surface area contributed by atoms with Gasteiger partial charge in [0.05, 0.1) is 15.1 Å². The third-order valence-electron chi connectivity index (χ3n) is 4.43. The van der Waals surface area contributed by atoms with Crippen LogP contribution in [-0.4, -0.2) is 23.2 Å². The van der Waals surface area contributed by atoms with Crippen LogP contribution in [0.5, 0.6) is 11.5 Å². The number of rotatable bonds is 4. The summed E-state index contributed by atoms with van der Waals surface area (Å²) >= 11 is 24.4. The number of hydrogen-bond donors (Lipinski definition) is 3. The Bertz CT molecular complexity index is 1210. The van der Waals surface area contributed by atoms with Crippen LogP contribution in [0.1, 0.15) is 16.7 Å². The first kappa shape index (κ1) is 22.0. The summed E-state index contributed by atoms with van der Waals surface area (Å²) in [7, 11) is -5.16. The fourth-order valence-corrected chi connectivity index (χ4v) is 5.47. The first-order chi connectivity index (χ1) is 13.5. The second-order valence-electron chi connectivity index (χ2n) is 6.06. The minimum atomic E-state index is -5.16. The van der Waals surface area contributed by atoms with Gasteiger partial charge < -0.3 is 10.2 Å². The number of phenolic OH excluding ortho intramolecular Hbond substituents is 2. The number of hydrogen-bond acceptors (Lipinski definition) is 4. The highest BCUT2D eigenvalue weighted by Crippen LogP contribution is 2.53. The molecule has 0 fully saturated rings. The van der Waals surface area contributed by atoms with Crippen LogP contribution in [0.4, 0.5) is 0 Å². The molecule has 3 N–H and O–H groups in total. The van der Waals surface area contributed by atoms with E-state index in [0.717, 1.165) is 6.07 Å². The van der Waals surface area contributed by atoms with E-state index in [1.165, 1.54) is 48.5 Å². The first-order valence-corrected chi connectivity index (χ1v) is 10.9. The van der Waals surface area contributed by atoms with Gasteiger partial charge in [0.25, 0.3) is 10.1 Å². The Morgan fingerprint density at radius 1 is 0.690 bits per heavy atom. The van der Waals surface area contributed by atoms with E-state index in [2.05, 4.69) is 0 Å². The van der Waals surface area contributed by atoms with Crippen molar-refractivity contribution in [1.82, 2.24) is 0 Å². The molecule has 29 heavy (non-hydrogen) atoms. The molecule has 0 heterocycles. The summed E-state index contributed by atoms with van der Waals surface area (Å²) in [5, 5.41) is 20.8. The lowest BCUT2D eigenvalue weighted by Crippen LogP contribution is -2.38. The van der Waals surface area contributed by atoms with Crippen LogP contribution in [0.2, 0.25) is 20.1 Å². The zero-order valence-electron chi connectivity index (χ0n) is 14.3. The van der Waals surface area contributed by atoms with E-state index in [0.29, 0.717) is 0 Å². The standard InChI is InChI=1S/C19H12Cl4O5S/c20-13-6-3-5-11(18(13)25)19(29(26,27)28,10-4-1-2-7-17(10)24)12-8-15(22)16(23)9-14(12)21/h1-9,24-25H,(H,26,27,28). The van der Waals surface area contributed by atoms with E-state index in [9.17, 15) is 23.2 Å². The lowest BCUT2D eigenvalue weighted by molar-refractivity contribution is 0.428. The van der Waals surface area contributed by atoms with Crippen LogP contribution in [-0.2, 0) is 14.9 Å². The van der Waals surface area contributed by atoms with Gasteiger partial charge >= 0.3 is 0 Å². The minimum Gasteiger partial charge on any atom is -0.508 e.